The first kappa shape index (κ1) is 25.6. The summed E-state index contributed by atoms with van der Waals surface area (Å²) in [4.78, 5) is 24.3. The molecule has 2 aromatic heterocycles. The number of carbonyl (C=O) groups excluding carboxylic acids is 1. The molecular formula is C22H18ClF5N6O2. The second kappa shape index (κ2) is 8.89. The summed E-state index contributed by atoms with van der Waals surface area (Å²) < 4.78 is 71.4. The van der Waals surface area contributed by atoms with E-state index in [-0.39, 0.29) is 23.9 Å². The molecule has 0 spiro atoms. The maximum Gasteiger partial charge on any atom is 0.434 e. The van der Waals surface area contributed by atoms with Crippen LogP contribution in [0.5, 0.6) is 0 Å². The summed E-state index contributed by atoms with van der Waals surface area (Å²) in [6.07, 6.45) is -4.22. The lowest BCUT2D eigenvalue weighted by molar-refractivity contribution is -0.141. The van der Waals surface area contributed by atoms with Crippen LogP contribution in [0.3, 0.4) is 0 Å². The number of hydrogen-bond acceptors (Lipinski definition) is 6. The quantitative estimate of drug-likeness (QED) is 0.498. The maximum absolute atomic E-state index is 14.7. The Hall–Kier alpha value is -3.45. The number of amides is 1. The van der Waals surface area contributed by atoms with Crippen LogP contribution in [0, 0.1) is 11.6 Å². The van der Waals surface area contributed by atoms with Crippen molar-refractivity contribution in [1.29, 1.82) is 0 Å². The molecule has 14 heteroatoms. The molecule has 2 N–H and O–H groups in total. The minimum atomic E-state index is -4.99. The summed E-state index contributed by atoms with van der Waals surface area (Å²) in [5.41, 5.74) is -4.62. The van der Waals surface area contributed by atoms with E-state index in [1.807, 2.05) is 0 Å². The highest BCUT2D eigenvalue weighted by atomic mass is 35.5. The van der Waals surface area contributed by atoms with Crippen molar-refractivity contribution in [2.75, 3.05) is 6.54 Å². The monoisotopic (exact) mass is 528 g/mol. The summed E-state index contributed by atoms with van der Waals surface area (Å²) in [6, 6.07) is 1.92. The molecule has 1 aliphatic rings. The van der Waals surface area contributed by atoms with Crippen LogP contribution in [0.2, 0.25) is 5.02 Å². The van der Waals surface area contributed by atoms with Crippen molar-refractivity contribution in [2.45, 2.75) is 38.6 Å². The molecule has 0 radical (unpaired) electrons. The Morgan fingerprint density at radius 1 is 1.19 bits per heavy atom. The molecule has 36 heavy (non-hydrogen) atoms. The number of aliphatic imine (C=N–C) groups is 1. The van der Waals surface area contributed by atoms with Gasteiger partial charge in [0.1, 0.15) is 17.7 Å². The Labute approximate surface area is 205 Å². The van der Waals surface area contributed by atoms with Crippen LogP contribution in [-0.4, -0.2) is 48.6 Å². The number of hydrogen-bond donors (Lipinski definition) is 2. The zero-order valence-corrected chi connectivity index (χ0v) is 19.7. The molecular weight excluding hydrogens is 511 g/mol. The van der Waals surface area contributed by atoms with Crippen molar-refractivity contribution >= 4 is 23.2 Å². The number of aliphatic hydroxyl groups is 1. The molecule has 0 unspecified atom stereocenters. The van der Waals surface area contributed by atoms with Crippen molar-refractivity contribution in [2.24, 2.45) is 4.99 Å². The van der Waals surface area contributed by atoms with E-state index < -0.39 is 62.9 Å². The molecule has 1 aromatic carbocycles. The fourth-order valence-electron chi connectivity index (χ4n) is 3.53. The smallest absolute Gasteiger partial charge is 0.389 e. The van der Waals surface area contributed by atoms with Crippen LogP contribution >= 0.6 is 11.6 Å². The molecule has 190 valence electrons. The van der Waals surface area contributed by atoms with Gasteiger partial charge in [-0.25, -0.2) is 23.4 Å². The van der Waals surface area contributed by atoms with Crippen LogP contribution in [0.1, 0.15) is 60.1 Å². The third-order valence-corrected chi connectivity index (χ3v) is 5.51. The van der Waals surface area contributed by atoms with Crippen molar-refractivity contribution in [3.63, 3.8) is 0 Å². The van der Waals surface area contributed by atoms with E-state index in [1.54, 1.807) is 0 Å². The number of pyridine rings is 1. The maximum atomic E-state index is 14.7. The number of rotatable bonds is 4. The second-order valence-corrected chi connectivity index (χ2v) is 9.01. The third kappa shape index (κ3) is 4.67. The molecule has 0 saturated heterocycles. The molecule has 1 aliphatic heterocycles. The summed E-state index contributed by atoms with van der Waals surface area (Å²) >= 11 is 6.14. The number of aromatic nitrogens is 4. The first-order chi connectivity index (χ1) is 16.7. The number of nitrogens with one attached hydrogen (secondary N) is 1. The second-order valence-electron chi connectivity index (χ2n) is 8.63. The molecule has 8 nitrogen and oxygen atoms in total. The molecule has 1 amide bonds. The SMILES string of the molecule is C[C@@H]1N=C(c2c(F)cccc2F)c2c(cnc(C(F)(F)F)c2Cl)-n2nc(C(=O)NCC(C)(C)O)nc21. The molecule has 1 atom stereocenters. The highest BCUT2D eigenvalue weighted by Crippen LogP contribution is 2.40. The van der Waals surface area contributed by atoms with Gasteiger partial charge in [0.15, 0.2) is 11.5 Å². The number of fused-ring (bicyclic) bond motifs is 3. The first-order valence-corrected chi connectivity index (χ1v) is 10.8. The predicted octanol–water partition coefficient (Wildman–Crippen LogP) is 4.03. The third-order valence-electron chi connectivity index (χ3n) is 5.15. The Morgan fingerprint density at radius 2 is 1.83 bits per heavy atom. The Bertz CT molecular complexity index is 1380. The highest BCUT2D eigenvalue weighted by molar-refractivity contribution is 6.37. The zero-order valence-electron chi connectivity index (χ0n) is 19.0. The zero-order chi connectivity index (χ0) is 26.6. The van der Waals surface area contributed by atoms with Crippen LogP contribution in [-0.2, 0) is 6.18 Å². The fourth-order valence-corrected chi connectivity index (χ4v) is 3.88. The molecule has 3 aromatic rings. The van der Waals surface area contributed by atoms with Gasteiger partial charge in [-0.15, -0.1) is 5.10 Å². The number of nitrogens with zero attached hydrogens (tertiary/aromatic N) is 5. The molecule has 4 rings (SSSR count). The average Bonchev–Trinajstić information content (AvgIpc) is 3.16. The normalized spacial score (nSPS) is 15.6. The van der Waals surface area contributed by atoms with Gasteiger partial charge in [-0.2, -0.15) is 13.2 Å². The van der Waals surface area contributed by atoms with Gasteiger partial charge < -0.3 is 10.4 Å². The van der Waals surface area contributed by atoms with Crippen LogP contribution < -0.4 is 5.32 Å². The average molecular weight is 529 g/mol. The number of benzene rings is 1. The summed E-state index contributed by atoms with van der Waals surface area (Å²) in [5, 5.41) is 15.4. The van der Waals surface area contributed by atoms with Gasteiger partial charge in [-0.05, 0) is 32.9 Å². The Balaban J connectivity index is 1.97. The first-order valence-electron chi connectivity index (χ1n) is 10.4. The van der Waals surface area contributed by atoms with Crippen LogP contribution in [0.4, 0.5) is 22.0 Å². The Morgan fingerprint density at radius 3 is 2.42 bits per heavy atom. The van der Waals surface area contributed by atoms with Gasteiger partial charge in [-0.3, -0.25) is 9.79 Å². The van der Waals surface area contributed by atoms with Crippen LogP contribution in [0.25, 0.3) is 5.69 Å². The highest BCUT2D eigenvalue weighted by Gasteiger charge is 2.40. The molecule has 0 aliphatic carbocycles. The fraction of sp³-hybridized carbons (Fsp3) is 0.318. The van der Waals surface area contributed by atoms with Gasteiger partial charge in [0.2, 0.25) is 5.82 Å². The van der Waals surface area contributed by atoms with E-state index in [4.69, 9.17) is 11.6 Å². The predicted molar refractivity (Wildman–Crippen MR) is 118 cm³/mol. The van der Waals surface area contributed by atoms with E-state index in [2.05, 4.69) is 25.4 Å². The molecule has 0 fully saturated rings. The number of halogens is 6. The van der Waals surface area contributed by atoms with Gasteiger partial charge in [-0.1, -0.05) is 17.7 Å². The van der Waals surface area contributed by atoms with Gasteiger partial charge in [0.05, 0.1) is 33.8 Å². The van der Waals surface area contributed by atoms with E-state index in [0.717, 1.165) is 29.1 Å². The summed E-state index contributed by atoms with van der Waals surface area (Å²) in [5.74, 6) is -3.32. The van der Waals surface area contributed by atoms with E-state index >= 15 is 0 Å². The van der Waals surface area contributed by atoms with E-state index in [0.29, 0.717) is 0 Å². The van der Waals surface area contributed by atoms with Crippen molar-refractivity contribution in [3.8, 4) is 5.69 Å². The molecule has 0 saturated carbocycles. The largest absolute Gasteiger partial charge is 0.434 e. The van der Waals surface area contributed by atoms with E-state index in [1.165, 1.54) is 20.8 Å². The topological polar surface area (TPSA) is 105 Å². The number of carbonyl (C=O) groups is 1. The van der Waals surface area contributed by atoms with Crippen molar-refractivity contribution < 1.29 is 31.9 Å². The summed E-state index contributed by atoms with van der Waals surface area (Å²) in [6.45, 7) is 4.24. The lowest BCUT2D eigenvalue weighted by Crippen LogP contribution is -2.38. The van der Waals surface area contributed by atoms with Gasteiger partial charge in [0, 0.05) is 12.1 Å². The van der Waals surface area contributed by atoms with Gasteiger partial charge >= 0.3 is 6.18 Å². The summed E-state index contributed by atoms with van der Waals surface area (Å²) in [7, 11) is 0. The lowest BCUT2D eigenvalue weighted by atomic mass is 9.99. The number of alkyl halides is 3. The van der Waals surface area contributed by atoms with Crippen molar-refractivity contribution in [3.05, 3.63) is 69.5 Å². The van der Waals surface area contributed by atoms with Crippen LogP contribution in [0.15, 0.2) is 29.4 Å². The van der Waals surface area contributed by atoms with Gasteiger partial charge in [0.25, 0.3) is 5.91 Å². The minimum absolute atomic E-state index is 0.0194. The Kier molecular flexibility index (Phi) is 6.33. The van der Waals surface area contributed by atoms with Crippen molar-refractivity contribution in [1.82, 2.24) is 25.1 Å². The lowest BCUT2D eigenvalue weighted by Gasteiger charge is -2.17. The molecule has 0 bridgehead atoms. The molecule has 3 heterocycles. The standard InChI is InChI=1S/C22H18ClF5N6O2/c1-9-19-32-18(20(35)30-8-21(2,3)36)33-34(19)12-7-29-17(22(26,27)28)15(23)14(12)16(31-9)13-10(24)5-4-6-11(13)25/h4-7,9,36H,8H2,1-3H3,(H,30,35)/t9-/m0/s1. The van der Waals surface area contributed by atoms with E-state index in [9.17, 15) is 31.9 Å². The minimum Gasteiger partial charge on any atom is -0.389 e.